The molecule has 0 saturated carbocycles. The third-order valence-corrected chi connectivity index (χ3v) is 2.01. The van der Waals surface area contributed by atoms with Crippen LogP contribution in [0.1, 0.15) is 15.9 Å². The number of carbonyl (C=O) groups excluding carboxylic acids is 1. The smallest absolute Gasteiger partial charge is 0.251 e. The number of carbonyl (C=O) groups is 1. The highest BCUT2D eigenvalue weighted by Crippen LogP contribution is 2.05. The van der Waals surface area contributed by atoms with Gasteiger partial charge in [0.2, 0.25) is 0 Å². The first-order chi connectivity index (χ1) is 7.27. The van der Waals surface area contributed by atoms with Gasteiger partial charge < -0.3 is 5.32 Å². The maximum absolute atomic E-state index is 11.2. The van der Waals surface area contributed by atoms with Crippen molar-refractivity contribution in [1.82, 2.24) is 5.32 Å². The summed E-state index contributed by atoms with van der Waals surface area (Å²) in [7, 11) is 1.61. The minimum atomic E-state index is -0.0797. The number of rotatable bonds is 4. The van der Waals surface area contributed by atoms with Gasteiger partial charge >= 0.3 is 0 Å². The number of nitrogens with one attached hydrogen (secondary N) is 1. The Bertz CT molecular complexity index is 371. The van der Waals surface area contributed by atoms with E-state index in [-0.39, 0.29) is 5.91 Å². The standard InChI is InChI=1S/C11H12N2OS/c1-12-11(14)10-4-2-9(3-5-10)8-13-6-7-15/h2-7H,8H2,1H3,(H,12,14). The topological polar surface area (TPSA) is 41.5 Å². The van der Waals surface area contributed by atoms with Gasteiger partial charge in [-0.25, -0.2) is 0 Å². The number of nitrogens with zero attached hydrogens (tertiary/aromatic N) is 1. The van der Waals surface area contributed by atoms with E-state index in [1.807, 2.05) is 12.1 Å². The average molecular weight is 220 g/mol. The molecule has 0 saturated heterocycles. The highest BCUT2D eigenvalue weighted by Gasteiger charge is 2.01. The Hall–Kier alpha value is -1.55. The van der Waals surface area contributed by atoms with E-state index >= 15 is 0 Å². The zero-order valence-corrected chi connectivity index (χ0v) is 9.25. The predicted octanol–water partition coefficient (Wildman–Crippen LogP) is 1.62. The first kappa shape index (κ1) is 11.5. The number of thiocarbonyl (C=S) groups is 1. The van der Waals surface area contributed by atoms with Crippen LogP contribution in [0.2, 0.25) is 0 Å². The summed E-state index contributed by atoms with van der Waals surface area (Å²) in [5, 5.41) is 4.04. The van der Waals surface area contributed by atoms with E-state index in [2.05, 4.69) is 22.5 Å². The second-order valence-corrected chi connectivity index (χ2v) is 3.17. The molecule has 1 aromatic carbocycles. The maximum Gasteiger partial charge on any atom is 0.251 e. The first-order valence-corrected chi connectivity index (χ1v) is 4.99. The molecule has 15 heavy (non-hydrogen) atoms. The molecule has 0 aromatic heterocycles. The Morgan fingerprint density at radius 3 is 2.67 bits per heavy atom. The van der Waals surface area contributed by atoms with Crippen molar-refractivity contribution in [3.05, 3.63) is 35.4 Å². The molecule has 0 fully saturated rings. The van der Waals surface area contributed by atoms with Gasteiger partial charge in [-0.05, 0) is 17.7 Å². The van der Waals surface area contributed by atoms with Gasteiger partial charge in [0.25, 0.3) is 5.91 Å². The Labute approximate surface area is 94.2 Å². The third-order valence-electron chi connectivity index (χ3n) is 1.88. The Kier molecular flexibility index (Phi) is 4.63. The van der Waals surface area contributed by atoms with E-state index in [0.717, 1.165) is 5.56 Å². The molecule has 0 aliphatic heterocycles. The van der Waals surface area contributed by atoms with Gasteiger partial charge in [0.1, 0.15) is 0 Å². The van der Waals surface area contributed by atoms with E-state index in [9.17, 15) is 4.79 Å². The van der Waals surface area contributed by atoms with Crippen molar-refractivity contribution in [3.63, 3.8) is 0 Å². The molecule has 0 unspecified atom stereocenters. The molecule has 0 atom stereocenters. The van der Waals surface area contributed by atoms with Crippen LogP contribution in [0.5, 0.6) is 0 Å². The fraction of sp³-hybridized carbons (Fsp3) is 0.182. The molecule has 0 heterocycles. The molecule has 3 nitrogen and oxygen atoms in total. The molecule has 0 aliphatic carbocycles. The van der Waals surface area contributed by atoms with Crippen molar-refractivity contribution in [3.8, 4) is 0 Å². The third kappa shape index (κ3) is 3.59. The molecule has 1 amide bonds. The number of hydrogen-bond donors (Lipinski definition) is 1. The maximum atomic E-state index is 11.2. The van der Waals surface area contributed by atoms with Gasteiger partial charge in [-0.3, -0.25) is 9.79 Å². The molecular formula is C11H12N2OS. The molecule has 0 bridgehead atoms. The quantitative estimate of drug-likeness (QED) is 0.619. The fourth-order valence-corrected chi connectivity index (χ4v) is 1.19. The highest BCUT2D eigenvalue weighted by molar-refractivity contribution is 7.80. The van der Waals surface area contributed by atoms with Gasteiger partial charge in [-0.1, -0.05) is 24.4 Å². The summed E-state index contributed by atoms with van der Waals surface area (Å²) >= 11 is 4.61. The molecule has 1 rings (SSSR count). The van der Waals surface area contributed by atoms with E-state index in [4.69, 9.17) is 0 Å². The summed E-state index contributed by atoms with van der Waals surface area (Å²) in [4.78, 5) is 15.3. The van der Waals surface area contributed by atoms with Crippen LogP contribution in [0.4, 0.5) is 0 Å². The van der Waals surface area contributed by atoms with E-state index in [0.29, 0.717) is 12.1 Å². The summed E-state index contributed by atoms with van der Waals surface area (Å²) in [5.74, 6) is -0.0797. The highest BCUT2D eigenvalue weighted by atomic mass is 32.1. The molecule has 1 N–H and O–H groups in total. The Morgan fingerprint density at radius 2 is 2.13 bits per heavy atom. The minimum Gasteiger partial charge on any atom is -0.355 e. The van der Waals surface area contributed by atoms with E-state index in [1.54, 1.807) is 25.4 Å². The SMILES string of the molecule is CNC(=O)c1ccc(CN=CC=S)cc1. The van der Waals surface area contributed by atoms with Crippen LogP contribution in [0, 0.1) is 0 Å². The van der Waals surface area contributed by atoms with Crippen LogP contribution in [0.15, 0.2) is 29.3 Å². The van der Waals surface area contributed by atoms with Crippen LogP contribution < -0.4 is 5.32 Å². The lowest BCUT2D eigenvalue weighted by molar-refractivity contribution is 0.0963. The van der Waals surface area contributed by atoms with Crippen LogP contribution in [0.25, 0.3) is 0 Å². The summed E-state index contributed by atoms with van der Waals surface area (Å²) in [6.07, 6.45) is 1.59. The molecule has 78 valence electrons. The van der Waals surface area contributed by atoms with E-state index in [1.165, 1.54) is 5.37 Å². The Morgan fingerprint density at radius 1 is 1.47 bits per heavy atom. The first-order valence-electron chi connectivity index (χ1n) is 4.52. The minimum absolute atomic E-state index is 0.0797. The van der Waals surface area contributed by atoms with Crippen molar-refractivity contribution in [2.75, 3.05) is 7.05 Å². The van der Waals surface area contributed by atoms with Crippen LogP contribution in [-0.4, -0.2) is 24.5 Å². The largest absolute Gasteiger partial charge is 0.355 e. The van der Waals surface area contributed by atoms with Crippen LogP contribution in [0.3, 0.4) is 0 Å². The average Bonchev–Trinajstić information content (AvgIpc) is 2.29. The summed E-state index contributed by atoms with van der Waals surface area (Å²) in [6, 6.07) is 7.32. The van der Waals surface area contributed by atoms with Crippen molar-refractivity contribution >= 4 is 29.7 Å². The molecule has 1 aromatic rings. The molecule has 0 radical (unpaired) electrons. The zero-order valence-electron chi connectivity index (χ0n) is 8.43. The van der Waals surface area contributed by atoms with Gasteiger partial charge in [-0.15, -0.1) is 0 Å². The molecule has 0 aliphatic rings. The van der Waals surface area contributed by atoms with Crippen LogP contribution in [-0.2, 0) is 6.54 Å². The molecule has 0 spiro atoms. The van der Waals surface area contributed by atoms with Gasteiger partial charge in [0, 0.05) is 24.2 Å². The summed E-state index contributed by atoms with van der Waals surface area (Å²) in [5.41, 5.74) is 1.70. The van der Waals surface area contributed by atoms with Crippen molar-refractivity contribution in [2.24, 2.45) is 4.99 Å². The number of hydrogen-bond acceptors (Lipinski definition) is 3. The number of amides is 1. The second-order valence-electron chi connectivity index (χ2n) is 2.90. The van der Waals surface area contributed by atoms with Gasteiger partial charge in [-0.2, -0.15) is 0 Å². The van der Waals surface area contributed by atoms with Gasteiger partial charge in [0.15, 0.2) is 0 Å². The fourth-order valence-electron chi connectivity index (χ4n) is 1.11. The summed E-state index contributed by atoms with van der Waals surface area (Å²) < 4.78 is 0. The second kappa shape index (κ2) is 6.03. The van der Waals surface area contributed by atoms with E-state index < -0.39 is 0 Å². The van der Waals surface area contributed by atoms with Crippen molar-refractivity contribution in [1.29, 1.82) is 0 Å². The number of benzene rings is 1. The zero-order chi connectivity index (χ0) is 11.1. The van der Waals surface area contributed by atoms with Crippen molar-refractivity contribution < 1.29 is 4.79 Å². The molecule has 4 heteroatoms. The lowest BCUT2D eigenvalue weighted by atomic mass is 10.1. The summed E-state index contributed by atoms with van der Waals surface area (Å²) in [6.45, 7) is 0.584. The predicted molar refractivity (Wildman–Crippen MR) is 65.7 cm³/mol. The Balaban J connectivity index is 2.68. The lowest BCUT2D eigenvalue weighted by Crippen LogP contribution is -2.17. The molecular weight excluding hydrogens is 208 g/mol. The lowest BCUT2D eigenvalue weighted by Gasteiger charge is -2.00. The normalized spacial score (nSPS) is 10.2. The van der Waals surface area contributed by atoms with Gasteiger partial charge in [0.05, 0.1) is 6.54 Å². The van der Waals surface area contributed by atoms with Crippen molar-refractivity contribution in [2.45, 2.75) is 6.54 Å². The number of aliphatic imine (C=N–C) groups is 1. The van der Waals surface area contributed by atoms with Crippen LogP contribution >= 0.6 is 12.2 Å². The monoisotopic (exact) mass is 220 g/mol.